The molecule has 0 bridgehead atoms. The molecule has 1 aromatic heterocycles. The third kappa shape index (κ3) is 4.26. The number of para-hydroxylation sites is 1. The second kappa shape index (κ2) is 7.51. The van der Waals surface area contributed by atoms with E-state index in [-0.39, 0.29) is 30.2 Å². The number of nitrogens with zero attached hydrogens (tertiary/aromatic N) is 1. The summed E-state index contributed by atoms with van der Waals surface area (Å²) in [5, 5.41) is 9.72. The third-order valence-electron chi connectivity index (χ3n) is 4.81. The Hall–Kier alpha value is -2.63. The highest BCUT2D eigenvalue weighted by Gasteiger charge is 2.24. The first-order chi connectivity index (χ1) is 12.0. The van der Waals surface area contributed by atoms with Crippen LogP contribution in [-0.2, 0) is 16.0 Å². The molecule has 1 amide bonds. The number of carbonyl (C=O) groups is 2. The van der Waals surface area contributed by atoms with Crippen LogP contribution in [0.15, 0.2) is 35.1 Å². The number of hydrogen-bond donors (Lipinski definition) is 2. The minimum absolute atomic E-state index is 0.0687. The minimum atomic E-state index is -0.800. The van der Waals surface area contributed by atoms with Crippen molar-refractivity contribution in [1.29, 1.82) is 0 Å². The van der Waals surface area contributed by atoms with Crippen LogP contribution in [0, 0.1) is 5.92 Å². The molecule has 1 saturated heterocycles. The second-order valence-corrected chi connectivity index (χ2v) is 6.67. The van der Waals surface area contributed by atoms with Crippen LogP contribution in [0.3, 0.4) is 0 Å². The van der Waals surface area contributed by atoms with Crippen molar-refractivity contribution in [2.24, 2.45) is 5.92 Å². The lowest BCUT2D eigenvalue weighted by Gasteiger charge is -2.32. The maximum absolute atomic E-state index is 12.6. The Morgan fingerprint density at radius 2 is 2.08 bits per heavy atom. The molecule has 2 aromatic rings. The predicted octanol–water partition coefficient (Wildman–Crippen LogP) is 2.17. The highest BCUT2D eigenvalue weighted by Crippen LogP contribution is 2.21. The van der Waals surface area contributed by atoms with Gasteiger partial charge in [0.05, 0.1) is 6.42 Å². The largest absolute Gasteiger partial charge is 0.481 e. The molecule has 25 heavy (non-hydrogen) atoms. The summed E-state index contributed by atoms with van der Waals surface area (Å²) in [5.74, 6) is -0.643. The second-order valence-electron chi connectivity index (χ2n) is 6.67. The molecule has 0 saturated carbocycles. The van der Waals surface area contributed by atoms with Crippen molar-refractivity contribution in [3.63, 3.8) is 0 Å². The molecule has 6 heteroatoms. The summed E-state index contributed by atoms with van der Waals surface area (Å²) in [7, 11) is 0. The minimum Gasteiger partial charge on any atom is -0.481 e. The number of piperidine rings is 1. The van der Waals surface area contributed by atoms with Crippen LogP contribution in [-0.4, -0.2) is 40.0 Å². The van der Waals surface area contributed by atoms with Gasteiger partial charge in [-0.05, 0) is 42.7 Å². The van der Waals surface area contributed by atoms with Crippen molar-refractivity contribution < 1.29 is 14.7 Å². The molecule has 0 spiro atoms. The number of carboxylic acids is 1. The number of H-pyrrole nitrogens is 1. The third-order valence-corrected chi connectivity index (χ3v) is 4.81. The number of benzene rings is 1. The van der Waals surface area contributed by atoms with Gasteiger partial charge in [0, 0.05) is 30.6 Å². The highest BCUT2D eigenvalue weighted by atomic mass is 16.4. The molecule has 6 nitrogen and oxygen atoms in total. The lowest BCUT2D eigenvalue weighted by molar-refractivity contribution is -0.137. The zero-order valence-corrected chi connectivity index (χ0v) is 14.0. The molecule has 0 unspecified atom stereocenters. The Morgan fingerprint density at radius 1 is 1.28 bits per heavy atom. The number of hydrogen-bond acceptors (Lipinski definition) is 3. The summed E-state index contributed by atoms with van der Waals surface area (Å²) in [6, 6.07) is 9.26. The van der Waals surface area contributed by atoms with Crippen LogP contribution >= 0.6 is 0 Å². The van der Waals surface area contributed by atoms with Gasteiger partial charge in [-0.25, -0.2) is 0 Å². The molecule has 0 radical (unpaired) electrons. The van der Waals surface area contributed by atoms with E-state index in [0.29, 0.717) is 25.1 Å². The monoisotopic (exact) mass is 342 g/mol. The van der Waals surface area contributed by atoms with E-state index in [0.717, 1.165) is 23.7 Å². The fourth-order valence-electron chi connectivity index (χ4n) is 3.45. The molecule has 3 rings (SSSR count). The Bertz CT molecular complexity index is 843. The molecule has 2 N–H and O–H groups in total. The lowest BCUT2D eigenvalue weighted by atomic mass is 9.93. The summed E-state index contributed by atoms with van der Waals surface area (Å²) in [6.45, 7) is 1.26. The Labute approximate surface area is 145 Å². The van der Waals surface area contributed by atoms with Gasteiger partial charge in [-0.15, -0.1) is 0 Å². The van der Waals surface area contributed by atoms with Crippen molar-refractivity contribution in [3.8, 4) is 0 Å². The van der Waals surface area contributed by atoms with Crippen molar-refractivity contribution in [3.05, 3.63) is 46.2 Å². The van der Waals surface area contributed by atoms with Gasteiger partial charge in [-0.3, -0.25) is 14.4 Å². The molecular formula is C19H22N2O4. The fourth-order valence-corrected chi connectivity index (χ4v) is 3.45. The number of likely N-dealkylation sites (tertiary alicyclic amines) is 1. The Kier molecular flexibility index (Phi) is 5.16. The van der Waals surface area contributed by atoms with Crippen molar-refractivity contribution in [2.75, 3.05) is 13.1 Å². The van der Waals surface area contributed by atoms with Crippen LogP contribution in [0.25, 0.3) is 10.9 Å². The van der Waals surface area contributed by atoms with Gasteiger partial charge in [0.2, 0.25) is 5.91 Å². The SMILES string of the molecule is O=C(O)CC[C@H]1CCCN(C(=O)Cc2cc3ccccc3[nH]c2=O)C1. The van der Waals surface area contributed by atoms with Crippen LogP contribution in [0.4, 0.5) is 0 Å². The number of pyridine rings is 1. The number of carboxylic acid groups (broad SMARTS) is 1. The topological polar surface area (TPSA) is 90.5 Å². The molecule has 1 aliphatic rings. The van der Waals surface area contributed by atoms with Crippen LogP contribution in [0.1, 0.15) is 31.2 Å². The van der Waals surface area contributed by atoms with Gasteiger partial charge in [-0.1, -0.05) is 18.2 Å². The van der Waals surface area contributed by atoms with Gasteiger partial charge in [0.1, 0.15) is 0 Å². The quantitative estimate of drug-likeness (QED) is 0.871. The van der Waals surface area contributed by atoms with Gasteiger partial charge >= 0.3 is 5.97 Å². The molecule has 1 aromatic carbocycles. The first-order valence-electron chi connectivity index (χ1n) is 8.63. The fraction of sp³-hybridized carbons (Fsp3) is 0.421. The summed E-state index contributed by atoms with van der Waals surface area (Å²) in [5.41, 5.74) is 0.998. The highest BCUT2D eigenvalue weighted by molar-refractivity contribution is 5.82. The van der Waals surface area contributed by atoms with E-state index in [4.69, 9.17) is 5.11 Å². The molecule has 1 aliphatic heterocycles. The molecular weight excluding hydrogens is 320 g/mol. The van der Waals surface area contributed by atoms with E-state index in [1.807, 2.05) is 24.3 Å². The van der Waals surface area contributed by atoms with Crippen molar-refractivity contribution in [2.45, 2.75) is 32.1 Å². The molecule has 1 fully saturated rings. The number of rotatable bonds is 5. The van der Waals surface area contributed by atoms with Crippen molar-refractivity contribution in [1.82, 2.24) is 9.88 Å². The van der Waals surface area contributed by atoms with Crippen molar-refractivity contribution >= 4 is 22.8 Å². The zero-order chi connectivity index (χ0) is 17.8. The maximum atomic E-state index is 12.6. The number of aromatic nitrogens is 1. The first-order valence-corrected chi connectivity index (χ1v) is 8.63. The van der Waals surface area contributed by atoms with Crippen LogP contribution < -0.4 is 5.56 Å². The number of aromatic amines is 1. The van der Waals surface area contributed by atoms with Gasteiger partial charge in [0.25, 0.3) is 5.56 Å². The summed E-state index contributed by atoms with van der Waals surface area (Å²) >= 11 is 0. The zero-order valence-electron chi connectivity index (χ0n) is 14.0. The first kappa shape index (κ1) is 17.2. The van der Waals surface area contributed by atoms with E-state index in [9.17, 15) is 14.4 Å². The average Bonchev–Trinajstić information content (AvgIpc) is 2.61. The van der Waals surface area contributed by atoms with E-state index in [1.54, 1.807) is 11.0 Å². The van der Waals surface area contributed by atoms with E-state index in [2.05, 4.69) is 4.98 Å². The molecule has 0 aliphatic carbocycles. The Morgan fingerprint density at radius 3 is 2.88 bits per heavy atom. The standard InChI is InChI=1S/C19H22N2O4/c22-17(21-9-3-4-13(12-21)7-8-18(23)24)11-15-10-14-5-1-2-6-16(14)20-19(15)25/h1-2,5-6,10,13H,3-4,7-9,11-12H2,(H,20,25)(H,23,24)/t13-/m1/s1. The van der Waals surface area contributed by atoms with Crippen LogP contribution in [0.5, 0.6) is 0 Å². The number of carbonyl (C=O) groups excluding carboxylic acids is 1. The normalized spacial score (nSPS) is 17.6. The van der Waals surface area contributed by atoms with E-state index < -0.39 is 5.97 Å². The van der Waals surface area contributed by atoms with E-state index in [1.165, 1.54) is 0 Å². The Balaban J connectivity index is 1.68. The van der Waals surface area contributed by atoms with E-state index >= 15 is 0 Å². The molecule has 132 valence electrons. The number of nitrogens with one attached hydrogen (secondary N) is 1. The molecule has 2 heterocycles. The number of aliphatic carboxylic acids is 1. The smallest absolute Gasteiger partial charge is 0.303 e. The number of fused-ring (bicyclic) bond motifs is 1. The molecule has 1 atom stereocenters. The predicted molar refractivity (Wildman–Crippen MR) is 94.4 cm³/mol. The van der Waals surface area contributed by atoms with Crippen LogP contribution in [0.2, 0.25) is 0 Å². The lowest BCUT2D eigenvalue weighted by Crippen LogP contribution is -2.41. The summed E-state index contributed by atoms with van der Waals surface area (Å²) < 4.78 is 0. The van der Waals surface area contributed by atoms with Gasteiger partial charge in [-0.2, -0.15) is 0 Å². The van der Waals surface area contributed by atoms with Gasteiger partial charge in [0.15, 0.2) is 0 Å². The summed E-state index contributed by atoms with van der Waals surface area (Å²) in [4.78, 5) is 40.1. The average molecular weight is 342 g/mol. The number of amides is 1. The summed E-state index contributed by atoms with van der Waals surface area (Å²) in [6.07, 6.45) is 2.64. The van der Waals surface area contributed by atoms with Gasteiger partial charge < -0.3 is 15.0 Å². The maximum Gasteiger partial charge on any atom is 0.303 e.